The van der Waals surface area contributed by atoms with E-state index in [1.54, 1.807) is 0 Å². The molecule has 0 unspecified atom stereocenters. The minimum atomic E-state index is 0.666. The van der Waals surface area contributed by atoms with Crippen LogP contribution in [0.2, 0.25) is 0 Å². The summed E-state index contributed by atoms with van der Waals surface area (Å²) in [5.41, 5.74) is 3.59. The van der Waals surface area contributed by atoms with E-state index in [1.165, 1.54) is 23.1 Å². The molecule has 0 amide bonds. The molecule has 0 radical (unpaired) electrons. The lowest BCUT2D eigenvalue weighted by Crippen LogP contribution is -1.97. The Labute approximate surface area is 111 Å². The molecule has 1 heteroatoms. The fourth-order valence-electron chi connectivity index (χ4n) is 1.80. The Morgan fingerprint density at radius 3 is 2.28 bits per heavy atom. The van der Waals surface area contributed by atoms with E-state index in [2.05, 4.69) is 69.9 Å². The molecule has 1 aromatic carbocycles. The fourth-order valence-corrected chi connectivity index (χ4v) is 1.80. The van der Waals surface area contributed by atoms with Crippen molar-refractivity contribution in [2.45, 2.75) is 47.5 Å². The maximum absolute atomic E-state index is 4.68. The predicted octanol–water partition coefficient (Wildman–Crippen LogP) is 5.16. The molecular weight excluding hydrogens is 218 g/mol. The van der Waals surface area contributed by atoms with Crippen LogP contribution in [0.15, 0.2) is 30.3 Å². The molecule has 18 heavy (non-hydrogen) atoms. The normalized spacial score (nSPS) is 10.3. The molecular formula is C17H25N. The summed E-state index contributed by atoms with van der Waals surface area (Å²) in [5.74, 6) is 0.666. The Balaban J connectivity index is 0.000000492. The molecule has 0 saturated carbocycles. The number of aryl methyl sites for hydroxylation is 1. The predicted molar refractivity (Wildman–Crippen MR) is 81.0 cm³/mol. The molecule has 0 aliphatic carbocycles. The van der Waals surface area contributed by atoms with Crippen molar-refractivity contribution in [3.8, 4) is 0 Å². The molecule has 0 N–H and O–H groups in total. The van der Waals surface area contributed by atoms with Gasteiger partial charge in [0, 0.05) is 11.1 Å². The van der Waals surface area contributed by atoms with Gasteiger partial charge in [-0.3, -0.25) is 4.98 Å². The quantitative estimate of drug-likeness (QED) is 0.710. The second-order valence-electron chi connectivity index (χ2n) is 5.30. The van der Waals surface area contributed by atoms with Gasteiger partial charge in [-0.05, 0) is 37.0 Å². The topological polar surface area (TPSA) is 12.9 Å². The molecule has 0 saturated heterocycles. The van der Waals surface area contributed by atoms with E-state index >= 15 is 0 Å². The van der Waals surface area contributed by atoms with Gasteiger partial charge in [0.1, 0.15) is 0 Å². The Morgan fingerprint density at radius 1 is 1.06 bits per heavy atom. The molecule has 0 aliphatic rings. The molecule has 98 valence electrons. The lowest BCUT2D eigenvalue weighted by atomic mass is 10.1. The molecule has 0 fully saturated rings. The Kier molecular flexibility index (Phi) is 5.84. The number of hydrogen-bond donors (Lipinski definition) is 0. The third kappa shape index (κ3) is 4.48. The summed E-state index contributed by atoms with van der Waals surface area (Å²) >= 11 is 0. The van der Waals surface area contributed by atoms with Crippen molar-refractivity contribution in [3.63, 3.8) is 0 Å². The van der Waals surface area contributed by atoms with E-state index in [4.69, 9.17) is 0 Å². The van der Waals surface area contributed by atoms with Gasteiger partial charge in [-0.15, -0.1) is 0 Å². The van der Waals surface area contributed by atoms with Crippen molar-refractivity contribution in [2.75, 3.05) is 0 Å². The lowest BCUT2D eigenvalue weighted by Gasteiger charge is -2.05. The van der Waals surface area contributed by atoms with Crippen LogP contribution in [0.25, 0.3) is 10.9 Å². The van der Waals surface area contributed by atoms with Crippen molar-refractivity contribution in [1.29, 1.82) is 0 Å². The maximum Gasteiger partial charge on any atom is 0.0707 e. The van der Waals surface area contributed by atoms with Crippen molar-refractivity contribution >= 4 is 10.9 Å². The highest BCUT2D eigenvalue weighted by Gasteiger charge is 2.01. The standard InChI is InChI=1S/C14H17N.C3H8/c1-10(2)8-13-7-6-12-5-4-11(3)9-14(12)15-13;1-3-2/h4-7,9-10H,8H2,1-3H3;3H2,1-2H3. The molecule has 0 aliphatic heterocycles. The van der Waals surface area contributed by atoms with Gasteiger partial charge in [-0.25, -0.2) is 0 Å². The molecule has 0 bridgehead atoms. The third-order valence-electron chi connectivity index (χ3n) is 2.52. The van der Waals surface area contributed by atoms with Crippen molar-refractivity contribution in [2.24, 2.45) is 5.92 Å². The Morgan fingerprint density at radius 2 is 1.67 bits per heavy atom. The zero-order chi connectivity index (χ0) is 13.5. The maximum atomic E-state index is 4.68. The van der Waals surface area contributed by atoms with Gasteiger partial charge in [0.15, 0.2) is 0 Å². The van der Waals surface area contributed by atoms with Gasteiger partial charge in [0.25, 0.3) is 0 Å². The highest BCUT2D eigenvalue weighted by Crippen LogP contribution is 2.15. The van der Waals surface area contributed by atoms with E-state index in [0.717, 1.165) is 11.9 Å². The fraction of sp³-hybridized carbons (Fsp3) is 0.471. The number of aromatic nitrogens is 1. The Hall–Kier alpha value is -1.37. The third-order valence-corrected chi connectivity index (χ3v) is 2.52. The number of pyridine rings is 1. The van der Waals surface area contributed by atoms with Crippen LogP contribution >= 0.6 is 0 Å². The lowest BCUT2D eigenvalue weighted by molar-refractivity contribution is 0.637. The summed E-state index contributed by atoms with van der Waals surface area (Å²) in [4.78, 5) is 4.68. The van der Waals surface area contributed by atoms with Gasteiger partial charge >= 0.3 is 0 Å². The minimum absolute atomic E-state index is 0.666. The second-order valence-corrected chi connectivity index (χ2v) is 5.30. The number of hydrogen-bond acceptors (Lipinski definition) is 1. The summed E-state index contributed by atoms with van der Waals surface area (Å²) in [6, 6.07) is 10.7. The zero-order valence-electron chi connectivity index (χ0n) is 12.3. The summed E-state index contributed by atoms with van der Waals surface area (Å²) in [6.45, 7) is 10.8. The van der Waals surface area contributed by atoms with Gasteiger partial charge in [0.2, 0.25) is 0 Å². The number of fused-ring (bicyclic) bond motifs is 1. The average molecular weight is 243 g/mol. The van der Waals surface area contributed by atoms with Gasteiger partial charge in [-0.1, -0.05) is 52.3 Å². The molecule has 1 nitrogen and oxygen atoms in total. The van der Waals surface area contributed by atoms with Gasteiger partial charge in [-0.2, -0.15) is 0 Å². The van der Waals surface area contributed by atoms with Crippen LogP contribution in [0, 0.1) is 12.8 Å². The first kappa shape index (κ1) is 14.7. The van der Waals surface area contributed by atoms with Crippen molar-refractivity contribution < 1.29 is 0 Å². The molecule has 1 aromatic heterocycles. The highest BCUT2D eigenvalue weighted by atomic mass is 14.7. The van der Waals surface area contributed by atoms with E-state index in [1.807, 2.05) is 0 Å². The summed E-state index contributed by atoms with van der Waals surface area (Å²) < 4.78 is 0. The summed E-state index contributed by atoms with van der Waals surface area (Å²) in [7, 11) is 0. The molecule has 2 aromatic rings. The van der Waals surface area contributed by atoms with E-state index in [-0.39, 0.29) is 0 Å². The average Bonchev–Trinajstić information content (AvgIpc) is 2.28. The monoisotopic (exact) mass is 243 g/mol. The molecule has 1 heterocycles. The summed E-state index contributed by atoms with van der Waals surface area (Å²) in [6.07, 6.45) is 2.31. The van der Waals surface area contributed by atoms with Crippen LogP contribution in [-0.2, 0) is 6.42 Å². The van der Waals surface area contributed by atoms with Crippen LogP contribution in [0.5, 0.6) is 0 Å². The van der Waals surface area contributed by atoms with Crippen LogP contribution in [0.3, 0.4) is 0 Å². The largest absolute Gasteiger partial charge is 0.253 e. The second kappa shape index (κ2) is 7.15. The van der Waals surface area contributed by atoms with Crippen LogP contribution in [-0.4, -0.2) is 4.98 Å². The first-order chi connectivity index (χ1) is 8.56. The minimum Gasteiger partial charge on any atom is -0.253 e. The van der Waals surface area contributed by atoms with Gasteiger partial charge in [0.05, 0.1) is 5.52 Å². The van der Waals surface area contributed by atoms with E-state index in [9.17, 15) is 0 Å². The zero-order valence-corrected chi connectivity index (χ0v) is 12.3. The number of rotatable bonds is 2. The first-order valence-electron chi connectivity index (χ1n) is 6.93. The SMILES string of the molecule is CCC.Cc1ccc2ccc(CC(C)C)nc2c1. The molecule has 0 spiro atoms. The van der Waals surface area contributed by atoms with Crippen LogP contribution < -0.4 is 0 Å². The van der Waals surface area contributed by atoms with E-state index < -0.39 is 0 Å². The Bertz CT molecular complexity index is 486. The van der Waals surface area contributed by atoms with Crippen molar-refractivity contribution in [1.82, 2.24) is 4.98 Å². The number of nitrogens with zero attached hydrogens (tertiary/aromatic N) is 1. The molecule has 2 rings (SSSR count). The summed E-state index contributed by atoms with van der Waals surface area (Å²) in [5, 5.41) is 1.23. The van der Waals surface area contributed by atoms with Crippen LogP contribution in [0.1, 0.15) is 45.4 Å². The van der Waals surface area contributed by atoms with Crippen LogP contribution in [0.4, 0.5) is 0 Å². The highest BCUT2D eigenvalue weighted by molar-refractivity contribution is 5.79. The van der Waals surface area contributed by atoms with Gasteiger partial charge < -0.3 is 0 Å². The van der Waals surface area contributed by atoms with Crippen molar-refractivity contribution in [3.05, 3.63) is 41.6 Å². The first-order valence-corrected chi connectivity index (χ1v) is 6.93. The molecule has 0 atom stereocenters. The number of benzene rings is 1. The van der Waals surface area contributed by atoms with E-state index in [0.29, 0.717) is 5.92 Å². The smallest absolute Gasteiger partial charge is 0.0707 e.